The molecule has 2 fully saturated rings. The lowest BCUT2D eigenvalue weighted by molar-refractivity contribution is -0.141. The number of ether oxygens (including phenoxy) is 1. The second-order valence-corrected chi connectivity index (χ2v) is 6.51. The Kier molecular flexibility index (Phi) is 4.28. The Morgan fingerprint density at radius 1 is 1.29 bits per heavy atom. The van der Waals surface area contributed by atoms with Gasteiger partial charge in [-0.1, -0.05) is 25.5 Å². The van der Waals surface area contributed by atoms with Gasteiger partial charge in [0, 0.05) is 13.1 Å². The SMILES string of the molecule is CCC1CCC2(CC1)CNCC(c1ccc(C#N)cc1)O2. The molecule has 1 saturated carbocycles. The molecule has 1 aromatic carbocycles. The third-order valence-corrected chi connectivity index (χ3v) is 5.17. The predicted molar refractivity (Wildman–Crippen MR) is 82.8 cm³/mol. The lowest BCUT2D eigenvalue weighted by Gasteiger charge is -2.46. The molecule has 1 saturated heterocycles. The van der Waals surface area contributed by atoms with Crippen molar-refractivity contribution < 1.29 is 4.74 Å². The molecule has 0 bridgehead atoms. The van der Waals surface area contributed by atoms with Crippen LogP contribution in [0.2, 0.25) is 0 Å². The highest BCUT2D eigenvalue weighted by molar-refractivity contribution is 5.32. The fraction of sp³-hybridized carbons (Fsp3) is 0.611. The van der Waals surface area contributed by atoms with E-state index in [0.717, 1.165) is 19.0 Å². The summed E-state index contributed by atoms with van der Waals surface area (Å²) in [6.45, 7) is 4.14. The number of nitrogens with zero attached hydrogens (tertiary/aromatic N) is 1. The minimum atomic E-state index is 0.0302. The van der Waals surface area contributed by atoms with Gasteiger partial charge in [0.25, 0.3) is 0 Å². The highest BCUT2D eigenvalue weighted by Gasteiger charge is 2.40. The van der Waals surface area contributed by atoms with E-state index >= 15 is 0 Å². The lowest BCUT2D eigenvalue weighted by atomic mass is 9.77. The van der Waals surface area contributed by atoms with Crippen LogP contribution in [0.1, 0.15) is 56.3 Å². The first-order valence-electron chi connectivity index (χ1n) is 8.13. The van der Waals surface area contributed by atoms with E-state index < -0.39 is 0 Å². The first-order valence-corrected chi connectivity index (χ1v) is 8.13. The van der Waals surface area contributed by atoms with Gasteiger partial charge in [-0.2, -0.15) is 5.26 Å². The van der Waals surface area contributed by atoms with Gasteiger partial charge in [-0.05, 0) is 49.3 Å². The van der Waals surface area contributed by atoms with Crippen LogP contribution in [0.15, 0.2) is 24.3 Å². The van der Waals surface area contributed by atoms with Gasteiger partial charge in [-0.15, -0.1) is 0 Å². The maximum Gasteiger partial charge on any atom is 0.0991 e. The fourth-order valence-electron chi connectivity index (χ4n) is 3.68. The van der Waals surface area contributed by atoms with Crippen LogP contribution >= 0.6 is 0 Å². The first kappa shape index (κ1) is 14.6. The van der Waals surface area contributed by atoms with E-state index in [0.29, 0.717) is 5.56 Å². The standard InChI is InChI=1S/C18H24N2O/c1-2-14-7-9-18(10-8-14)13-20-12-17(21-18)16-5-3-15(11-19)4-6-16/h3-6,14,17,20H,2,7-10,12-13H2,1H3. The zero-order chi connectivity index (χ0) is 14.7. The molecule has 21 heavy (non-hydrogen) atoms. The largest absolute Gasteiger partial charge is 0.364 e. The van der Waals surface area contributed by atoms with Crippen LogP contribution in [-0.2, 0) is 4.74 Å². The molecule has 112 valence electrons. The summed E-state index contributed by atoms with van der Waals surface area (Å²) in [4.78, 5) is 0. The van der Waals surface area contributed by atoms with Crippen LogP contribution in [0, 0.1) is 17.2 Å². The highest BCUT2D eigenvalue weighted by Crippen LogP contribution is 2.40. The second kappa shape index (κ2) is 6.17. The minimum Gasteiger partial charge on any atom is -0.364 e. The lowest BCUT2D eigenvalue weighted by Crippen LogP contribution is -2.52. The molecule has 0 radical (unpaired) electrons. The van der Waals surface area contributed by atoms with Crippen molar-refractivity contribution in [1.82, 2.24) is 5.32 Å². The van der Waals surface area contributed by atoms with Crippen molar-refractivity contribution >= 4 is 0 Å². The van der Waals surface area contributed by atoms with Crippen molar-refractivity contribution in [2.24, 2.45) is 5.92 Å². The fourth-order valence-corrected chi connectivity index (χ4v) is 3.68. The molecular formula is C18H24N2O. The van der Waals surface area contributed by atoms with Crippen molar-refractivity contribution in [2.45, 2.75) is 50.7 Å². The molecule has 2 aliphatic rings. The van der Waals surface area contributed by atoms with Gasteiger partial charge in [0.05, 0.1) is 23.3 Å². The Balaban J connectivity index is 1.69. The Morgan fingerprint density at radius 2 is 2.00 bits per heavy atom. The van der Waals surface area contributed by atoms with Crippen LogP contribution in [0.3, 0.4) is 0 Å². The number of nitrogens with one attached hydrogen (secondary N) is 1. The number of benzene rings is 1. The van der Waals surface area contributed by atoms with Crippen molar-refractivity contribution in [2.75, 3.05) is 13.1 Å². The van der Waals surface area contributed by atoms with E-state index in [4.69, 9.17) is 10.00 Å². The van der Waals surface area contributed by atoms with Gasteiger partial charge in [-0.25, -0.2) is 0 Å². The van der Waals surface area contributed by atoms with Gasteiger partial charge in [0.15, 0.2) is 0 Å². The molecule has 1 heterocycles. The molecule has 1 aromatic rings. The van der Waals surface area contributed by atoms with Crippen molar-refractivity contribution in [3.05, 3.63) is 35.4 Å². The molecule has 3 heteroatoms. The monoisotopic (exact) mass is 284 g/mol. The highest BCUT2D eigenvalue weighted by atomic mass is 16.5. The summed E-state index contributed by atoms with van der Waals surface area (Å²) in [5.41, 5.74) is 1.92. The average molecular weight is 284 g/mol. The molecule has 1 N–H and O–H groups in total. The second-order valence-electron chi connectivity index (χ2n) is 6.51. The van der Waals surface area contributed by atoms with Crippen LogP contribution in [0.4, 0.5) is 0 Å². The van der Waals surface area contributed by atoms with Crippen LogP contribution in [-0.4, -0.2) is 18.7 Å². The number of rotatable bonds is 2. The molecular weight excluding hydrogens is 260 g/mol. The Morgan fingerprint density at radius 3 is 2.62 bits per heavy atom. The molecule has 3 nitrogen and oxygen atoms in total. The van der Waals surface area contributed by atoms with E-state index in [-0.39, 0.29) is 11.7 Å². The van der Waals surface area contributed by atoms with Crippen LogP contribution in [0.25, 0.3) is 0 Å². The van der Waals surface area contributed by atoms with Crippen LogP contribution in [0.5, 0.6) is 0 Å². The molecule has 1 atom stereocenters. The number of hydrogen-bond donors (Lipinski definition) is 1. The summed E-state index contributed by atoms with van der Waals surface area (Å²) in [5, 5.41) is 12.5. The Labute approximate surface area is 127 Å². The Hall–Kier alpha value is -1.37. The van der Waals surface area contributed by atoms with Gasteiger partial charge in [0.2, 0.25) is 0 Å². The van der Waals surface area contributed by atoms with E-state index in [1.807, 2.05) is 24.3 Å². The third-order valence-electron chi connectivity index (χ3n) is 5.17. The molecule has 0 aromatic heterocycles. The Bertz CT molecular complexity index is 509. The maximum atomic E-state index is 8.89. The summed E-state index contributed by atoms with van der Waals surface area (Å²) in [5.74, 6) is 0.884. The zero-order valence-electron chi connectivity index (χ0n) is 12.8. The summed E-state index contributed by atoms with van der Waals surface area (Å²) in [7, 11) is 0. The normalized spacial score (nSPS) is 32.8. The molecule has 3 rings (SSSR count). The summed E-state index contributed by atoms with van der Waals surface area (Å²) in [6.07, 6.45) is 6.33. The van der Waals surface area contributed by atoms with Gasteiger partial charge in [0.1, 0.15) is 0 Å². The van der Waals surface area contributed by atoms with Crippen molar-refractivity contribution in [1.29, 1.82) is 5.26 Å². The molecule has 1 aliphatic heterocycles. The molecule has 1 spiro atoms. The number of morpholine rings is 1. The van der Waals surface area contributed by atoms with E-state index in [1.165, 1.54) is 37.7 Å². The number of hydrogen-bond acceptors (Lipinski definition) is 3. The van der Waals surface area contributed by atoms with E-state index in [1.54, 1.807) is 0 Å². The molecule has 1 unspecified atom stereocenters. The minimum absolute atomic E-state index is 0.0302. The van der Waals surface area contributed by atoms with Crippen LogP contribution < -0.4 is 5.32 Å². The summed E-state index contributed by atoms with van der Waals surface area (Å²) in [6, 6.07) is 9.99. The summed E-state index contributed by atoms with van der Waals surface area (Å²) >= 11 is 0. The predicted octanol–water partition coefficient (Wildman–Crippen LogP) is 3.56. The smallest absolute Gasteiger partial charge is 0.0991 e. The first-order chi connectivity index (χ1) is 10.2. The summed E-state index contributed by atoms with van der Waals surface area (Å²) < 4.78 is 6.52. The van der Waals surface area contributed by atoms with E-state index in [9.17, 15) is 0 Å². The zero-order valence-corrected chi connectivity index (χ0v) is 12.8. The maximum absolute atomic E-state index is 8.89. The van der Waals surface area contributed by atoms with Gasteiger partial charge >= 0.3 is 0 Å². The van der Waals surface area contributed by atoms with Gasteiger partial charge in [-0.3, -0.25) is 0 Å². The van der Waals surface area contributed by atoms with E-state index in [2.05, 4.69) is 18.3 Å². The van der Waals surface area contributed by atoms with Gasteiger partial charge < -0.3 is 10.1 Å². The third kappa shape index (κ3) is 3.12. The topological polar surface area (TPSA) is 45.0 Å². The van der Waals surface area contributed by atoms with Crippen molar-refractivity contribution in [3.8, 4) is 6.07 Å². The average Bonchev–Trinajstić information content (AvgIpc) is 2.56. The molecule has 1 aliphatic carbocycles. The number of nitriles is 1. The quantitative estimate of drug-likeness (QED) is 0.903. The van der Waals surface area contributed by atoms with Crippen molar-refractivity contribution in [3.63, 3.8) is 0 Å². The molecule has 0 amide bonds.